The second-order valence-corrected chi connectivity index (χ2v) is 9.43. The van der Waals surface area contributed by atoms with Crippen molar-refractivity contribution in [3.63, 3.8) is 0 Å². The van der Waals surface area contributed by atoms with E-state index in [0.717, 1.165) is 57.4 Å². The minimum absolute atomic E-state index is 0.100. The molecule has 1 heterocycles. The van der Waals surface area contributed by atoms with Gasteiger partial charge in [0.25, 0.3) is 0 Å². The lowest BCUT2D eigenvalue weighted by Gasteiger charge is -2.30. The Balaban J connectivity index is 1.38. The molecule has 2 aliphatic rings. The first-order valence-electron chi connectivity index (χ1n) is 12.5. The maximum Gasteiger partial charge on any atom is 0.163 e. The predicted molar refractivity (Wildman–Crippen MR) is 146 cm³/mol. The maximum absolute atomic E-state index is 13.8. The fourth-order valence-corrected chi connectivity index (χ4v) is 5.24. The van der Waals surface area contributed by atoms with Gasteiger partial charge >= 0.3 is 0 Å². The number of benzene rings is 4. The van der Waals surface area contributed by atoms with Crippen LogP contribution in [0.5, 0.6) is 17.2 Å². The number of allylic oxidation sites excluding steroid dienone is 1. The van der Waals surface area contributed by atoms with E-state index in [0.29, 0.717) is 6.42 Å². The number of anilines is 2. The van der Waals surface area contributed by atoms with E-state index in [1.54, 1.807) is 7.11 Å². The normalized spacial score (nSPS) is 18.6. The summed E-state index contributed by atoms with van der Waals surface area (Å²) in [5.74, 6) is 2.57. The Bertz CT molecular complexity index is 1460. The average Bonchev–Trinajstić information content (AvgIpc) is 3.11. The van der Waals surface area contributed by atoms with E-state index < -0.39 is 0 Å². The number of rotatable bonds is 5. The number of methoxy groups -OCH3 is 1. The Morgan fingerprint density at radius 2 is 1.43 bits per heavy atom. The smallest absolute Gasteiger partial charge is 0.163 e. The summed E-state index contributed by atoms with van der Waals surface area (Å²) in [4.78, 5) is 13.8. The summed E-state index contributed by atoms with van der Waals surface area (Å²) in [6.45, 7) is 0. The van der Waals surface area contributed by atoms with Crippen LogP contribution in [-0.4, -0.2) is 12.9 Å². The van der Waals surface area contributed by atoms with Crippen LogP contribution in [0, 0.1) is 0 Å². The Labute approximate surface area is 216 Å². The highest BCUT2D eigenvalue weighted by Gasteiger charge is 2.36. The van der Waals surface area contributed by atoms with Crippen molar-refractivity contribution in [2.24, 2.45) is 0 Å². The lowest BCUT2D eigenvalue weighted by Crippen LogP contribution is -2.26. The van der Waals surface area contributed by atoms with E-state index in [-0.39, 0.29) is 17.7 Å². The molecular formula is C32H28N2O3. The number of nitrogens with one attached hydrogen (secondary N) is 2. The third-order valence-electron chi connectivity index (χ3n) is 7.07. The number of para-hydroxylation sites is 3. The van der Waals surface area contributed by atoms with Crippen molar-refractivity contribution in [1.29, 1.82) is 0 Å². The van der Waals surface area contributed by atoms with Gasteiger partial charge in [-0.25, -0.2) is 0 Å². The minimum Gasteiger partial charge on any atom is -0.497 e. The molecule has 0 aromatic heterocycles. The molecule has 6 rings (SSSR count). The standard InChI is InChI=1S/C32H28N2O3/c1-36-24-16-14-21(15-17-24)23-19-29-31(30(35)20-23)32(34-28-13-6-5-12-27(28)33-29)22-8-7-11-26(18-22)37-25-9-3-2-4-10-25/h2-18,23,32-34H,19-20H2,1H3. The van der Waals surface area contributed by atoms with Gasteiger partial charge in [0.05, 0.1) is 24.5 Å². The molecule has 0 fully saturated rings. The predicted octanol–water partition coefficient (Wildman–Crippen LogP) is 7.47. The Morgan fingerprint density at radius 1 is 0.703 bits per heavy atom. The number of hydrogen-bond acceptors (Lipinski definition) is 5. The molecule has 0 amide bonds. The molecule has 0 bridgehead atoms. The average molecular weight is 489 g/mol. The first-order chi connectivity index (χ1) is 18.2. The van der Waals surface area contributed by atoms with Crippen LogP contribution < -0.4 is 20.1 Å². The summed E-state index contributed by atoms with van der Waals surface area (Å²) in [6, 6.07) is 33.6. The zero-order valence-corrected chi connectivity index (χ0v) is 20.6. The SMILES string of the molecule is COc1ccc(C2CC(=O)C3=C(C2)Nc2ccccc2NC3c2cccc(Oc3ccccc3)c2)cc1. The number of ketones is 1. The second-order valence-electron chi connectivity index (χ2n) is 9.43. The van der Waals surface area contributed by atoms with E-state index in [2.05, 4.69) is 28.8 Å². The number of hydrogen-bond donors (Lipinski definition) is 2. The molecule has 1 aliphatic carbocycles. The summed E-state index contributed by atoms with van der Waals surface area (Å²) in [6.07, 6.45) is 1.21. The van der Waals surface area contributed by atoms with Crippen LogP contribution in [0.4, 0.5) is 11.4 Å². The van der Waals surface area contributed by atoms with Crippen LogP contribution in [0.3, 0.4) is 0 Å². The molecule has 1 aliphatic heterocycles. The summed E-state index contributed by atoms with van der Waals surface area (Å²) < 4.78 is 11.4. The molecule has 0 saturated carbocycles. The van der Waals surface area contributed by atoms with Gasteiger partial charge in [0.15, 0.2) is 5.78 Å². The highest BCUT2D eigenvalue weighted by Crippen LogP contribution is 2.44. The summed E-state index contributed by atoms with van der Waals surface area (Å²) in [5, 5.41) is 7.26. The van der Waals surface area contributed by atoms with Crippen molar-refractivity contribution < 1.29 is 14.3 Å². The quantitative estimate of drug-likeness (QED) is 0.305. The van der Waals surface area contributed by atoms with Gasteiger partial charge in [-0.15, -0.1) is 0 Å². The van der Waals surface area contributed by atoms with Crippen LogP contribution in [0.1, 0.15) is 35.9 Å². The van der Waals surface area contributed by atoms with Crippen molar-refractivity contribution in [1.82, 2.24) is 0 Å². The molecule has 2 atom stereocenters. The molecule has 184 valence electrons. The first-order valence-corrected chi connectivity index (χ1v) is 12.5. The Kier molecular flexibility index (Phi) is 6.11. The highest BCUT2D eigenvalue weighted by molar-refractivity contribution is 6.01. The number of ether oxygens (including phenoxy) is 2. The van der Waals surface area contributed by atoms with Gasteiger partial charge in [-0.3, -0.25) is 4.79 Å². The number of carbonyl (C=O) groups excluding carboxylic acids is 1. The maximum atomic E-state index is 13.8. The number of carbonyl (C=O) groups is 1. The van der Waals surface area contributed by atoms with Crippen molar-refractivity contribution >= 4 is 17.2 Å². The second kappa shape index (κ2) is 9.86. The first kappa shape index (κ1) is 22.9. The lowest BCUT2D eigenvalue weighted by atomic mass is 9.78. The topological polar surface area (TPSA) is 59.6 Å². The van der Waals surface area contributed by atoms with E-state index >= 15 is 0 Å². The van der Waals surface area contributed by atoms with Crippen molar-refractivity contribution in [2.45, 2.75) is 24.8 Å². The van der Waals surface area contributed by atoms with Crippen molar-refractivity contribution in [3.8, 4) is 17.2 Å². The van der Waals surface area contributed by atoms with Crippen LogP contribution in [-0.2, 0) is 4.79 Å². The zero-order chi connectivity index (χ0) is 25.2. The van der Waals surface area contributed by atoms with Gasteiger partial charge in [-0.2, -0.15) is 0 Å². The molecule has 5 heteroatoms. The molecule has 37 heavy (non-hydrogen) atoms. The number of Topliss-reactive ketones (excluding diaryl/α,β-unsaturated/α-hetero) is 1. The molecule has 2 unspecified atom stereocenters. The minimum atomic E-state index is -0.296. The fraction of sp³-hybridized carbons (Fsp3) is 0.156. The highest BCUT2D eigenvalue weighted by atomic mass is 16.5. The Morgan fingerprint density at radius 3 is 2.22 bits per heavy atom. The molecule has 4 aromatic carbocycles. The molecule has 4 aromatic rings. The van der Waals surface area contributed by atoms with Gasteiger partial charge < -0.3 is 20.1 Å². The third-order valence-corrected chi connectivity index (χ3v) is 7.07. The van der Waals surface area contributed by atoms with E-state index in [9.17, 15) is 4.79 Å². The summed E-state index contributed by atoms with van der Waals surface area (Å²) in [5.41, 5.74) is 5.81. The molecule has 5 nitrogen and oxygen atoms in total. The molecule has 0 radical (unpaired) electrons. The Hall–Kier alpha value is -4.51. The number of fused-ring (bicyclic) bond motifs is 1. The monoisotopic (exact) mass is 488 g/mol. The van der Waals surface area contributed by atoms with Crippen LogP contribution >= 0.6 is 0 Å². The van der Waals surface area contributed by atoms with Gasteiger partial charge in [0.1, 0.15) is 17.2 Å². The third kappa shape index (κ3) is 4.68. The van der Waals surface area contributed by atoms with Crippen LogP contribution in [0.25, 0.3) is 0 Å². The van der Waals surface area contributed by atoms with Gasteiger partial charge in [-0.05, 0) is 72.0 Å². The van der Waals surface area contributed by atoms with Crippen LogP contribution in [0.15, 0.2) is 114 Å². The molecule has 0 spiro atoms. The molecular weight excluding hydrogens is 460 g/mol. The summed E-state index contributed by atoms with van der Waals surface area (Å²) >= 11 is 0. The largest absolute Gasteiger partial charge is 0.497 e. The molecule has 0 saturated heterocycles. The van der Waals surface area contributed by atoms with Crippen molar-refractivity contribution in [2.75, 3.05) is 17.7 Å². The fourth-order valence-electron chi connectivity index (χ4n) is 5.24. The van der Waals surface area contributed by atoms with E-state index in [1.165, 1.54) is 0 Å². The van der Waals surface area contributed by atoms with E-state index in [4.69, 9.17) is 9.47 Å². The van der Waals surface area contributed by atoms with Crippen LogP contribution in [0.2, 0.25) is 0 Å². The molecule has 2 N–H and O–H groups in total. The zero-order valence-electron chi connectivity index (χ0n) is 20.6. The van der Waals surface area contributed by atoms with Crippen molar-refractivity contribution in [3.05, 3.63) is 126 Å². The van der Waals surface area contributed by atoms with E-state index in [1.807, 2.05) is 84.9 Å². The summed E-state index contributed by atoms with van der Waals surface area (Å²) in [7, 11) is 1.66. The van der Waals surface area contributed by atoms with Gasteiger partial charge in [-0.1, -0.05) is 54.6 Å². The van der Waals surface area contributed by atoms with Gasteiger partial charge in [0.2, 0.25) is 0 Å². The van der Waals surface area contributed by atoms with Gasteiger partial charge in [0, 0.05) is 17.7 Å². The lowest BCUT2D eigenvalue weighted by molar-refractivity contribution is -0.116.